The van der Waals surface area contributed by atoms with Crippen molar-refractivity contribution in [3.63, 3.8) is 0 Å². The van der Waals surface area contributed by atoms with Crippen LogP contribution in [0.1, 0.15) is 37.0 Å². The van der Waals surface area contributed by atoms with Gasteiger partial charge in [0.25, 0.3) is 0 Å². The van der Waals surface area contributed by atoms with Gasteiger partial charge in [0, 0.05) is 12.2 Å². The van der Waals surface area contributed by atoms with E-state index in [0.717, 1.165) is 12.2 Å². The molecule has 0 amide bonds. The van der Waals surface area contributed by atoms with Crippen molar-refractivity contribution < 1.29 is 19.1 Å². The summed E-state index contributed by atoms with van der Waals surface area (Å²) in [6.07, 6.45) is 3.19. The molecule has 1 aromatic carbocycles. The summed E-state index contributed by atoms with van der Waals surface area (Å²) in [7, 11) is 0. The van der Waals surface area contributed by atoms with Gasteiger partial charge in [-0.05, 0) is 31.7 Å². The Bertz CT molecular complexity index is 586. The van der Waals surface area contributed by atoms with Crippen molar-refractivity contribution >= 4 is 29.2 Å². The van der Waals surface area contributed by atoms with Crippen LogP contribution in [0.5, 0.6) is 5.75 Å². The molecule has 1 N–H and O–H groups in total. The number of Topliss-reactive ketones (excluding diaryl/α,β-unsaturated/α-hetero) is 1. The number of hydrogen-bond donors (Lipinski definition) is 1. The number of ketones is 1. The van der Waals surface area contributed by atoms with E-state index in [1.807, 2.05) is 13.2 Å². The van der Waals surface area contributed by atoms with Gasteiger partial charge < -0.3 is 14.8 Å². The molecule has 0 spiro atoms. The van der Waals surface area contributed by atoms with Gasteiger partial charge >= 0.3 is 5.97 Å². The van der Waals surface area contributed by atoms with Crippen LogP contribution in [0.4, 0.5) is 5.69 Å². The number of rotatable bonds is 11. The fourth-order valence-electron chi connectivity index (χ4n) is 2.03. The second-order valence-electron chi connectivity index (χ2n) is 5.02. The number of esters is 1. The van der Waals surface area contributed by atoms with Gasteiger partial charge in [0.2, 0.25) is 0 Å². The minimum absolute atomic E-state index is 0.0158. The number of carbonyl (C=O) groups excluding carboxylic acids is 2. The van der Waals surface area contributed by atoms with E-state index in [1.165, 1.54) is 0 Å². The predicted molar refractivity (Wildman–Crippen MR) is 99.0 cm³/mol. The van der Waals surface area contributed by atoms with Crippen molar-refractivity contribution in [1.82, 2.24) is 0 Å². The number of hydrogen-bond acceptors (Lipinski definition) is 6. The third kappa shape index (κ3) is 5.92. The van der Waals surface area contributed by atoms with Gasteiger partial charge in [0.1, 0.15) is 5.70 Å². The largest absolute Gasteiger partial charge is 0.490 e. The number of ether oxygens (including phenoxy) is 2. The van der Waals surface area contributed by atoms with Gasteiger partial charge in [-0.25, -0.2) is 4.79 Å². The molecule has 24 heavy (non-hydrogen) atoms. The molecule has 0 saturated heterocycles. The monoisotopic (exact) mass is 351 g/mol. The minimum Gasteiger partial charge on any atom is -0.490 e. The number of benzene rings is 1. The quantitative estimate of drug-likeness (QED) is 0.282. The van der Waals surface area contributed by atoms with E-state index in [1.54, 1.807) is 36.9 Å². The molecule has 0 heterocycles. The fraction of sp³-hybridized carbons (Fsp3) is 0.444. The van der Waals surface area contributed by atoms with Gasteiger partial charge in [-0.3, -0.25) is 4.79 Å². The summed E-state index contributed by atoms with van der Waals surface area (Å²) in [6, 6.07) is 5.25. The maximum absolute atomic E-state index is 12.3. The summed E-state index contributed by atoms with van der Waals surface area (Å²) in [5, 5.41) is 2.91. The first kappa shape index (κ1) is 20.1. The zero-order valence-corrected chi connectivity index (χ0v) is 15.3. The Morgan fingerprint density at radius 2 is 2.04 bits per heavy atom. The zero-order chi connectivity index (χ0) is 17.9. The van der Waals surface area contributed by atoms with Crippen LogP contribution in [-0.2, 0) is 9.53 Å². The Morgan fingerprint density at radius 3 is 2.67 bits per heavy atom. The molecule has 0 aliphatic rings. The first-order valence-electron chi connectivity index (χ1n) is 7.96. The summed E-state index contributed by atoms with van der Waals surface area (Å²) in [5.41, 5.74) is 1.15. The van der Waals surface area contributed by atoms with E-state index in [4.69, 9.17) is 9.47 Å². The lowest BCUT2D eigenvalue weighted by Gasteiger charge is -2.17. The van der Waals surface area contributed by atoms with Crippen LogP contribution in [0.25, 0.3) is 0 Å². The van der Waals surface area contributed by atoms with Crippen LogP contribution in [0.15, 0.2) is 30.5 Å². The molecule has 0 aliphatic carbocycles. The van der Waals surface area contributed by atoms with Crippen LogP contribution in [0, 0.1) is 0 Å². The number of thioether (sulfide) groups is 1. The van der Waals surface area contributed by atoms with E-state index in [-0.39, 0.29) is 18.1 Å². The molecule has 0 radical (unpaired) electrons. The first-order chi connectivity index (χ1) is 11.5. The summed E-state index contributed by atoms with van der Waals surface area (Å²) in [5.74, 6) is 0.740. The topological polar surface area (TPSA) is 64.6 Å². The molecule has 0 atom stereocenters. The third-order valence-electron chi connectivity index (χ3n) is 3.13. The van der Waals surface area contributed by atoms with Gasteiger partial charge in [0.05, 0.1) is 24.5 Å². The van der Waals surface area contributed by atoms with Crippen molar-refractivity contribution in [2.75, 3.05) is 30.5 Å². The first-order valence-corrected chi connectivity index (χ1v) is 9.35. The van der Waals surface area contributed by atoms with Crippen LogP contribution in [0.3, 0.4) is 0 Å². The Morgan fingerprint density at radius 1 is 1.29 bits per heavy atom. The summed E-state index contributed by atoms with van der Waals surface area (Å²) in [6.45, 7) is 8.11. The molecule has 1 aromatic rings. The number of para-hydroxylation sites is 1. The standard InChI is InChI=1S/C18H25NO4S/c1-5-8-16(20)14-9-7-10-15(17(14)23-11-12-24-4)19-13(3)18(21)22-6-2/h7,9-10,19H,3,5-6,8,11-12H2,1-2,4H3. The molecule has 0 bridgehead atoms. The minimum atomic E-state index is -0.530. The molecular weight excluding hydrogens is 326 g/mol. The number of nitrogens with one attached hydrogen (secondary N) is 1. The van der Waals surface area contributed by atoms with Gasteiger partial charge in [-0.2, -0.15) is 11.8 Å². The highest BCUT2D eigenvalue weighted by Gasteiger charge is 2.18. The Kier molecular flexibility index (Phi) is 9.01. The van der Waals surface area contributed by atoms with Crippen molar-refractivity contribution in [2.45, 2.75) is 26.7 Å². The van der Waals surface area contributed by atoms with E-state index in [0.29, 0.717) is 30.0 Å². The molecule has 0 aliphatic heterocycles. The van der Waals surface area contributed by atoms with Crippen LogP contribution in [0.2, 0.25) is 0 Å². The van der Waals surface area contributed by atoms with Crippen molar-refractivity contribution in [3.05, 3.63) is 36.0 Å². The Labute approximate surface area is 147 Å². The normalized spacial score (nSPS) is 10.1. The Hall–Kier alpha value is -1.95. The number of carbonyl (C=O) groups is 2. The second-order valence-corrected chi connectivity index (χ2v) is 6.01. The zero-order valence-electron chi connectivity index (χ0n) is 14.5. The average molecular weight is 351 g/mol. The van der Waals surface area contributed by atoms with E-state index in [2.05, 4.69) is 11.9 Å². The van der Waals surface area contributed by atoms with Crippen molar-refractivity contribution in [2.24, 2.45) is 0 Å². The van der Waals surface area contributed by atoms with Crippen LogP contribution in [-0.4, -0.2) is 37.0 Å². The molecule has 132 valence electrons. The van der Waals surface area contributed by atoms with E-state index >= 15 is 0 Å². The molecule has 5 nitrogen and oxygen atoms in total. The lowest BCUT2D eigenvalue weighted by molar-refractivity contribution is -0.138. The predicted octanol–water partition coefficient (Wildman–Crippen LogP) is 3.90. The summed E-state index contributed by atoms with van der Waals surface area (Å²) >= 11 is 1.65. The summed E-state index contributed by atoms with van der Waals surface area (Å²) in [4.78, 5) is 24.1. The van der Waals surface area contributed by atoms with Crippen LogP contribution < -0.4 is 10.1 Å². The van der Waals surface area contributed by atoms with Gasteiger partial charge in [-0.1, -0.05) is 19.6 Å². The van der Waals surface area contributed by atoms with Gasteiger partial charge in [0.15, 0.2) is 11.5 Å². The molecule has 0 unspecified atom stereocenters. The molecule has 0 fully saturated rings. The Balaban J connectivity index is 3.08. The molecule has 1 rings (SSSR count). The maximum Gasteiger partial charge on any atom is 0.354 e. The highest BCUT2D eigenvalue weighted by molar-refractivity contribution is 7.98. The smallest absolute Gasteiger partial charge is 0.354 e. The highest BCUT2D eigenvalue weighted by Crippen LogP contribution is 2.31. The van der Waals surface area contributed by atoms with E-state index < -0.39 is 5.97 Å². The van der Waals surface area contributed by atoms with Crippen LogP contribution >= 0.6 is 11.8 Å². The second kappa shape index (κ2) is 10.8. The molecule has 0 saturated carbocycles. The maximum atomic E-state index is 12.3. The number of anilines is 1. The third-order valence-corrected chi connectivity index (χ3v) is 3.71. The summed E-state index contributed by atoms with van der Waals surface area (Å²) < 4.78 is 10.7. The fourth-order valence-corrected chi connectivity index (χ4v) is 2.28. The van der Waals surface area contributed by atoms with Gasteiger partial charge in [-0.15, -0.1) is 0 Å². The lowest BCUT2D eigenvalue weighted by Crippen LogP contribution is -2.15. The molecule has 0 aromatic heterocycles. The SMILES string of the molecule is C=C(Nc1cccc(C(=O)CCC)c1OCCSC)C(=O)OCC. The molecule has 6 heteroatoms. The van der Waals surface area contributed by atoms with Crippen molar-refractivity contribution in [1.29, 1.82) is 0 Å². The van der Waals surface area contributed by atoms with Crippen molar-refractivity contribution in [3.8, 4) is 5.75 Å². The van der Waals surface area contributed by atoms with E-state index in [9.17, 15) is 9.59 Å². The lowest BCUT2D eigenvalue weighted by atomic mass is 10.0. The average Bonchev–Trinajstić information content (AvgIpc) is 2.56. The molecular formula is C18H25NO4S. The highest BCUT2D eigenvalue weighted by atomic mass is 32.2.